The summed E-state index contributed by atoms with van der Waals surface area (Å²) < 4.78 is 10.9. The molecule has 0 aromatic rings. The van der Waals surface area contributed by atoms with Crippen LogP contribution in [-0.2, 0) is 14.3 Å². The Morgan fingerprint density at radius 3 is 2.41 bits per heavy atom. The SMILES string of the molecule is CC(C)[C@@H]1COCCCCOC[C@@H](N)C(=O)N1. The smallest absolute Gasteiger partial charge is 0.239 e. The second-order valence-electron chi connectivity index (χ2n) is 4.82. The maximum absolute atomic E-state index is 11.8. The highest BCUT2D eigenvalue weighted by Crippen LogP contribution is 2.04. The predicted octanol–water partition coefficient (Wildman–Crippen LogP) is 0.282. The third-order valence-corrected chi connectivity index (χ3v) is 2.89. The van der Waals surface area contributed by atoms with Crippen LogP contribution in [0.4, 0.5) is 0 Å². The molecule has 17 heavy (non-hydrogen) atoms. The van der Waals surface area contributed by atoms with Crippen LogP contribution in [0.3, 0.4) is 0 Å². The molecule has 0 aromatic heterocycles. The third-order valence-electron chi connectivity index (χ3n) is 2.89. The van der Waals surface area contributed by atoms with Crippen molar-refractivity contribution in [3.05, 3.63) is 0 Å². The van der Waals surface area contributed by atoms with E-state index in [-0.39, 0.29) is 18.6 Å². The monoisotopic (exact) mass is 244 g/mol. The topological polar surface area (TPSA) is 73.6 Å². The Labute approximate surface area is 103 Å². The van der Waals surface area contributed by atoms with Gasteiger partial charge in [0.2, 0.25) is 5.91 Å². The average Bonchev–Trinajstić information content (AvgIpc) is 2.28. The Hall–Kier alpha value is -0.650. The molecule has 0 bridgehead atoms. The van der Waals surface area contributed by atoms with Gasteiger partial charge in [-0.2, -0.15) is 0 Å². The van der Waals surface area contributed by atoms with Gasteiger partial charge in [-0.25, -0.2) is 0 Å². The Morgan fingerprint density at radius 1 is 1.24 bits per heavy atom. The van der Waals surface area contributed by atoms with Gasteiger partial charge < -0.3 is 20.5 Å². The number of carbonyl (C=O) groups is 1. The third kappa shape index (κ3) is 5.48. The highest BCUT2D eigenvalue weighted by Gasteiger charge is 2.21. The second-order valence-corrected chi connectivity index (χ2v) is 4.82. The molecule has 5 nitrogen and oxygen atoms in total. The lowest BCUT2D eigenvalue weighted by Crippen LogP contribution is -2.50. The van der Waals surface area contributed by atoms with Crippen LogP contribution in [0.2, 0.25) is 0 Å². The number of hydrogen-bond donors (Lipinski definition) is 2. The maximum Gasteiger partial charge on any atom is 0.239 e. The summed E-state index contributed by atoms with van der Waals surface area (Å²) in [5, 5.41) is 2.92. The van der Waals surface area contributed by atoms with Crippen LogP contribution in [0.25, 0.3) is 0 Å². The van der Waals surface area contributed by atoms with Crippen LogP contribution in [0.15, 0.2) is 0 Å². The summed E-state index contributed by atoms with van der Waals surface area (Å²) in [6.45, 7) is 6.31. The fraction of sp³-hybridized carbons (Fsp3) is 0.917. The van der Waals surface area contributed by atoms with Crippen LogP contribution in [0.5, 0.6) is 0 Å². The van der Waals surface area contributed by atoms with Gasteiger partial charge >= 0.3 is 0 Å². The van der Waals surface area contributed by atoms with Crippen LogP contribution in [0.1, 0.15) is 26.7 Å². The first kappa shape index (κ1) is 14.4. The molecule has 0 spiro atoms. The first-order valence-electron chi connectivity index (χ1n) is 6.32. The molecule has 0 aromatic carbocycles. The van der Waals surface area contributed by atoms with Crippen molar-refractivity contribution in [2.45, 2.75) is 38.8 Å². The van der Waals surface area contributed by atoms with E-state index in [0.29, 0.717) is 25.7 Å². The molecular formula is C12H24N2O3. The molecule has 1 rings (SSSR count). The summed E-state index contributed by atoms with van der Waals surface area (Å²) >= 11 is 0. The fourth-order valence-electron chi connectivity index (χ4n) is 1.60. The zero-order valence-electron chi connectivity index (χ0n) is 10.8. The van der Waals surface area contributed by atoms with E-state index in [9.17, 15) is 4.79 Å². The van der Waals surface area contributed by atoms with E-state index < -0.39 is 6.04 Å². The Kier molecular flexibility index (Phi) is 6.47. The molecule has 1 aliphatic heterocycles. The number of hydrogen-bond acceptors (Lipinski definition) is 4. The highest BCUT2D eigenvalue weighted by molar-refractivity contribution is 5.81. The van der Waals surface area contributed by atoms with Gasteiger partial charge in [0, 0.05) is 13.2 Å². The lowest BCUT2D eigenvalue weighted by molar-refractivity contribution is -0.125. The fourth-order valence-corrected chi connectivity index (χ4v) is 1.60. The number of rotatable bonds is 1. The summed E-state index contributed by atoms with van der Waals surface area (Å²) in [4.78, 5) is 11.8. The van der Waals surface area contributed by atoms with Crippen LogP contribution in [-0.4, -0.2) is 44.4 Å². The van der Waals surface area contributed by atoms with Gasteiger partial charge in [0.25, 0.3) is 0 Å². The molecule has 1 aliphatic rings. The van der Waals surface area contributed by atoms with E-state index in [1.807, 2.05) is 0 Å². The molecule has 2 atom stereocenters. The summed E-state index contributed by atoms with van der Waals surface area (Å²) in [5.41, 5.74) is 5.74. The first-order valence-corrected chi connectivity index (χ1v) is 6.32. The van der Waals surface area contributed by atoms with Gasteiger partial charge in [0.1, 0.15) is 6.04 Å². The van der Waals surface area contributed by atoms with Gasteiger partial charge in [0.15, 0.2) is 0 Å². The van der Waals surface area contributed by atoms with Gasteiger partial charge in [-0.1, -0.05) is 13.8 Å². The van der Waals surface area contributed by atoms with Crippen molar-refractivity contribution in [1.82, 2.24) is 5.32 Å². The molecule has 1 fully saturated rings. The van der Waals surface area contributed by atoms with Crippen molar-refractivity contribution >= 4 is 5.91 Å². The van der Waals surface area contributed by atoms with Crippen molar-refractivity contribution in [3.8, 4) is 0 Å². The van der Waals surface area contributed by atoms with Crippen molar-refractivity contribution in [2.75, 3.05) is 26.4 Å². The molecule has 5 heteroatoms. The summed E-state index contributed by atoms with van der Waals surface area (Å²) in [7, 11) is 0. The van der Waals surface area contributed by atoms with Crippen LogP contribution < -0.4 is 11.1 Å². The minimum Gasteiger partial charge on any atom is -0.379 e. The van der Waals surface area contributed by atoms with Gasteiger partial charge in [-0.15, -0.1) is 0 Å². The average molecular weight is 244 g/mol. The summed E-state index contributed by atoms with van der Waals surface area (Å²) in [5.74, 6) is 0.169. The van der Waals surface area contributed by atoms with Crippen molar-refractivity contribution in [2.24, 2.45) is 11.7 Å². The molecular weight excluding hydrogens is 220 g/mol. The van der Waals surface area contributed by atoms with Crippen molar-refractivity contribution in [3.63, 3.8) is 0 Å². The normalized spacial score (nSPS) is 29.3. The van der Waals surface area contributed by atoms with Gasteiger partial charge in [-0.3, -0.25) is 4.79 Å². The number of nitrogens with two attached hydrogens (primary N) is 1. The van der Waals surface area contributed by atoms with E-state index in [4.69, 9.17) is 15.2 Å². The second kappa shape index (κ2) is 7.63. The Balaban J connectivity index is 2.52. The van der Waals surface area contributed by atoms with Crippen molar-refractivity contribution in [1.29, 1.82) is 0 Å². The molecule has 1 amide bonds. The maximum atomic E-state index is 11.8. The highest BCUT2D eigenvalue weighted by atomic mass is 16.5. The van der Waals surface area contributed by atoms with Crippen LogP contribution >= 0.6 is 0 Å². The molecule has 1 heterocycles. The summed E-state index contributed by atoms with van der Waals surface area (Å²) in [6, 6.07) is -0.566. The molecule has 0 radical (unpaired) electrons. The zero-order chi connectivity index (χ0) is 12.7. The first-order chi connectivity index (χ1) is 8.11. The van der Waals surface area contributed by atoms with E-state index in [1.165, 1.54) is 0 Å². The number of amides is 1. The summed E-state index contributed by atoms with van der Waals surface area (Å²) in [6.07, 6.45) is 1.93. The molecule has 1 saturated heterocycles. The largest absolute Gasteiger partial charge is 0.379 e. The van der Waals surface area contributed by atoms with Crippen molar-refractivity contribution < 1.29 is 14.3 Å². The molecule has 100 valence electrons. The quantitative estimate of drug-likeness (QED) is 0.695. The van der Waals surface area contributed by atoms with E-state index in [2.05, 4.69) is 19.2 Å². The minimum absolute atomic E-state index is 0.0213. The predicted molar refractivity (Wildman–Crippen MR) is 65.6 cm³/mol. The lowest BCUT2D eigenvalue weighted by atomic mass is 10.0. The molecule has 3 N–H and O–H groups in total. The molecule has 0 aliphatic carbocycles. The standard InChI is InChI=1S/C12H24N2O3/c1-9(2)11-8-17-6-4-3-5-16-7-10(13)12(15)14-11/h9-11H,3-8,13H2,1-2H3,(H,14,15)/t10-,11+/m1/s1. The van der Waals surface area contributed by atoms with E-state index >= 15 is 0 Å². The van der Waals surface area contributed by atoms with Crippen LogP contribution in [0, 0.1) is 5.92 Å². The minimum atomic E-state index is -0.587. The van der Waals surface area contributed by atoms with E-state index in [1.54, 1.807) is 0 Å². The molecule has 0 saturated carbocycles. The van der Waals surface area contributed by atoms with E-state index in [0.717, 1.165) is 12.8 Å². The number of nitrogens with one attached hydrogen (secondary N) is 1. The number of ether oxygens (including phenoxy) is 2. The van der Waals surface area contributed by atoms with Gasteiger partial charge in [0.05, 0.1) is 19.3 Å². The van der Waals surface area contributed by atoms with Gasteiger partial charge in [-0.05, 0) is 18.8 Å². The molecule has 0 unspecified atom stereocenters. The Bertz CT molecular complexity index is 234. The number of carbonyl (C=O) groups excluding carboxylic acids is 1. The zero-order valence-corrected chi connectivity index (χ0v) is 10.8. The Morgan fingerprint density at radius 2 is 1.82 bits per heavy atom. The lowest BCUT2D eigenvalue weighted by Gasteiger charge is -2.24.